The Labute approximate surface area is 117 Å². The van der Waals surface area contributed by atoms with Gasteiger partial charge >= 0.3 is 0 Å². The lowest BCUT2D eigenvalue weighted by Crippen LogP contribution is -3.00. The van der Waals surface area contributed by atoms with Crippen LogP contribution in [0.1, 0.15) is 20.8 Å². The fourth-order valence-electron chi connectivity index (χ4n) is 2.97. The topological polar surface area (TPSA) is 32.3 Å². The molecule has 0 aromatic heterocycles. The van der Waals surface area contributed by atoms with Gasteiger partial charge in [0.1, 0.15) is 0 Å². The van der Waals surface area contributed by atoms with Crippen molar-refractivity contribution in [3.8, 4) is 0 Å². The second kappa shape index (κ2) is 6.22. The minimum Gasteiger partial charge on any atom is -1.00 e. The number of fused-ring (bicyclic) bond motifs is 3. The van der Waals surface area contributed by atoms with Gasteiger partial charge in [-0.2, -0.15) is 0 Å². The van der Waals surface area contributed by atoms with Crippen molar-refractivity contribution in [2.24, 2.45) is 5.92 Å². The quantitative estimate of drug-likeness (QED) is 0.567. The van der Waals surface area contributed by atoms with Crippen molar-refractivity contribution in [3.63, 3.8) is 0 Å². The van der Waals surface area contributed by atoms with Crippen molar-refractivity contribution in [2.75, 3.05) is 45.8 Å². The number of rotatable bonds is 4. The Balaban J connectivity index is 0.00000162. The number of piperazine rings is 3. The highest BCUT2D eigenvalue weighted by molar-refractivity contribution is 5.80. The summed E-state index contributed by atoms with van der Waals surface area (Å²) in [5, 5.41) is 3.09. The molecule has 0 radical (unpaired) electrons. The zero-order valence-corrected chi connectivity index (χ0v) is 12.5. The number of quaternary nitrogens is 1. The summed E-state index contributed by atoms with van der Waals surface area (Å²) in [7, 11) is 0. The van der Waals surface area contributed by atoms with E-state index in [0.29, 0.717) is 5.92 Å². The monoisotopic (exact) mass is 275 g/mol. The van der Waals surface area contributed by atoms with Crippen LogP contribution in [0.4, 0.5) is 0 Å². The third kappa shape index (κ3) is 3.16. The van der Waals surface area contributed by atoms with E-state index in [1.165, 1.54) is 19.6 Å². The van der Waals surface area contributed by atoms with Crippen LogP contribution >= 0.6 is 0 Å². The van der Waals surface area contributed by atoms with Gasteiger partial charge in [-0.05, 0) is 12.8 Å². The Morgan fingerprint density at radius 1 is 1.17 bits per heavy atom. The molecule has 1 atom stereocenters. The highest BCUT2D eigenvalue weighted by Crippen LogP contribution is 2.23. The number of halogens is 1. The summed E-state index contributed by atoms with van der Waals surface area (Å²) in [4.78, 5) is 14.7. The van der Waals surface area contributed by atoms with Crippen molar-refractivity contribution in [3.05, 3.63) is 0 Å². The van der Waals surface area contributed by atoms with Gasteiger partial charge in [-0.3, -0.25) is 9.69 Å². The molecule has 106 valence electrons. The average molecular weight is 276 g/mol. The molecule has 3 saturated heterocycles. The molecule has 1 N–H and O–H groups in total. The molecule has 3 heterocycles. The van der Waals surface area contributed by atoms with E-state index in [-0.39, 0.29) is 24.4 Å². The molecule has 2 bridgehead atoms. The van der Waals surface area contributed by atoms with Gasteiger partial charge in [0.25, 0.3) is 5.91 Å². The fraction of sp³-hybridized carbons (Fsp3) is 0.923. The maximum Gasteiger partial charge on any atom is 0.278 e. The highest BCUT2D eigenvalue weighted by Gasteiger charge is 2.44. The first kappa shape index (κ1) is 15.7. The van der Waals surface area contributed by atoms with Crippen LogP contribution in [0.3, 0.4) is 0 Å². The van der Waals surface area contributed by atoms with E-state index < -0.39 is 0 Å². The van der Waals surface area contributed by atoms with Crippen LogP contribution in [-0.2, 0) is 4.79 Å². The molecule has 0 saturated carbocycles. The van der Waals surface area contributed by atoms with E-state index in [0.717, 1.165) is 30.7 Å². The van der Waals surface area contributed by atoms with Gasteiger partial charge in [-0.1, -0.05) is 13.8 Å². The Kier molecular flexibility index (Phi) is 5.44. The molecule has 4 nitrogen and oxygen atoms in total. The summed E-state index contributed by atoms with van der Waals surface area (Å²) in [6, 6.07) is 0.121. The SMILES string of the molecule is CC(C)CNC(=O)C(C)[N+]12CCN(CC1)CC2.[Cl-]. The summed E-state index contributed by atoms with van der Waals surface area (Å²) in [6.07, 6.45) is 0. The number of hydrogen-bond donors (Lipinski definition) is 1. The third-order valence-electron chi connectivity index (χ3n) is 4.47. The van der Waals surface area contributed by atoms with Gasteiger partial charge in [0.15, 0.2) is 6.04 Å². The lowest BCUT2D eigenvalue weighted by Gasteiger charge is -2.53. The zero-order chi connectivity index (χ0) is 12.5. The number of carbonyl (C=O) groups is 1. The van der Waals surface area contributed by atoms with E-state index in [2.05, 4.69) is 31.0 Å². The molecule has 3 aliphatic rings. The molecular formula is C13H26ClN3O. The Morgan fingerprint density at radius 3 is 2.11 bits per heavy atom. The van der Waals surface area contributed by atoms with Crippen LogP contribution in [0.25, 0.3) is 0 Å². The smallest absolute Gasteiger partial charge is 0.278 e. The van der Waals surface area contributed by atoms with Gasteiger partial charge in [0, 0.05) is 26.2 Å². The standard InChI is InChI=1S/C13H25N3O.ClH/c1-11(2)10-14-13(17)12(3)16-7-4-15(5-8-16)6-9-16;/h11-12H,4-10H2,1-3H3;1H. The van der Waals surface area contributed by atoms with Crippen molar-refractivity contribution < 1.29 is 21.7 Å². The molecule has 1 unspecified atom stereocenters. The number of nitrogens with one attached hydrogen (secondary N) is 1. The van der Waals surface area contributed by atoms with Crippen LogP contribution in [-0.4, -0.2) is 67.1 Å². The van der Waals surface area contributed by atoms with E-state index in [1.54, 1.807) is 0 Å². The average Bonchev–Trinajstić information content (AvgIpc) is 2.37. The summed E-state index contributed by atoms with van der Waals surface area (Å²) < 4.78 is 1.01. The fourth-order valence-corrected chi connectivity index (χ4v) is 2.97. The van der Waals surface area contributed by atoms with Crippen molar-refractivity contribution in [2.45, 2.75) is 26.8 Å². The van der Waals surface area contributed by atoms with E-state index in [4.69, 9.17) is 0 Å². The third-order valence-corrected chi connectivity index (χ3v) is 4.47. The maximum atomic E-state index is 12.2. The predicted molar refractivity (Wildman–Crippen MR) is 68.6 cm³/mol. The van der Waals surface area contributed by atoms with Crippen LogP contribution in [0.15, 0.2) is 0 Å². The zero-order valence-electron chi connectivity index (χ0n) is 11.8. The normalized spacial score (nSPS) is 31.9. The first-order valence-electron chi connectivity index (χ1n) is 6.89. The van der Waals surface area contributed by atoms with Crippen LogP contribution in [0.2, 0.25) is 0 Å². The van der Waals surface area contributed by atoms with E-state index in [1.807, 2.05) is 0 Å². The summed E-state index contributed by atoms with van der Waals surface area (Å²) in [5.41, 5.74) is 0. The van der Waals surface area contributed by atoms with Gasteiger partial charge in [0.2, 0.25) is 0 Å². The lowest BCUT2D eigenvalue weighted by atomic mass is 10.1. The summed E-state index contributed by atoms with van der Waals surface area (Å²) in [6.45, 7) is 14.1. The van der Waals surface area contributed by atoms with Crippen LogP contribution < -0.4 is 17.7 Å². The summed E-state index contributed by atoms with van der Waals surface area (Å²) >= 11 is 0. The van der Waals surface area contributed by atoms with E-state index in [9.17, 15) is 4.79 Å². The van der Waals surface area contributed by atoms with Gasteiger partial charge in [0.05, 0.1) is 19.6 Å². The van der Waals surface area contributed by atoms with Crippen LogP contribution in [0.5, 0.6) is 0 Å². The second-order valence-electron chi connectivity index (χ2n) is 6.05. The largest absolute Gasteiger partial charge is 1.00 e. The molecule has 0 aromatic rings. The van der Waals surface area contributed by atoms with Gasteiger partial charge in [-0.25, -0.2) is 0 Å². The summed E-state index contributed by atoms with van der Waals surface area (Å²) in [5.74, 6) is 0.776. The van der Waals surface area contributed by atoms with Gasteiger partial charge < -0.3 is 22.2 Å². The van der Waals surface area contributed by atoms with Gasteiger partial charge in [-0.15, -0.1) is 0 Å². The molecule has 5 heteroatoms. The maximum absolute atomic E-state index is 12.2. The number of amides is 1. The molecule has 0 spiro atoms. The number of hydrogen-bond acceptors (Lipinski definition) is 2. The molecule has 3 fully saturated rings. The Hall–Kier alpha value is -0.320. The number of nitrogens with zero attached hydrogens (tertiary/aromatic N) is 2. The van der Waals surface area contributed by atoms with Crippen LogP contribution in [0, 0.1) is 5.92 Å². The van der Waals surface area contributed by atoms with Crippen molar-refractivity contribution >= 4 is 5.91 Å². The Bertz CT molecular complexity index is 274. The molecule has 3 rings (SSSR count). The minimum atomic E-state index is 0. The lowest BCUT2D eigenvalue weighted by molar-refractivity contribution is -0.953. The first-order valence-corrected chi connectivity index (χ1v) is 6.89. The molecule has 3 aliphatic heterocycles. The van der Waals surface area contributed by atoms with Crippen molar-refractivity contribution in [1.82, 2.24) is 10.2 Å². The van der Waals surface area contributed by atoms with E-state index >= 15 is 0 Å². The first-order chi connectivity index (χ1) is 8.03. The van der Waals surface area contributed by atoms with Crippen molar-refractivity contribution in [1.29, 1.82) is 0 Å². The Morgan fingerprint density at radius 2 is 1.67 bits per heavy atom. The predicted octanol–water partition coefficient (Wildman–Crippen LogP) is -2.70. The molecule has 18 heavy (non-hydrogen) atoms. The highest BCUT2D eigenvalue weighted by atomic mass is 35.5. The second-order valence-corrected chi connectivity index (χ2v) is 6.05. The number of carbonyl (C=O) groups excluding carboxylic acids is 1. The minimum absolute atomic E-state index is 0. The molecule has 0 aliphatic carbocycles. The molecule has 0 aromatic carbocycles. The molecule has 1 amide bonds. The molecular weight excluding hydrogens is 250 g/mol.